The Bertz CT molecular complexity index is 489. The van der Waals surface area contributed by atoms with Crippen LogP contribution in [0.25, 0.3) is 6.08 Å². The van der Waals surface area contributed by atoms with Crippen LogP contribution in [0.15, 0.2) is 35.7 Å². The van der Waals surface area contributed by atoms with Crippen molar-refractivity contribution in [3.63, 3.8) is 0 Å². The number of rotatable bonds is 4. The fourth-order valence-corrected chi connectivity index (χ4v) is 1.88. The summed E-state index contributed by atoms with van der Waals surface area (Å²) in [6, 6.07) is 5.14. The maximum absolute atomic E-state index is 11.8. The molecule has 1 aromatic rings. The second-order valence-corrected chi connectivity index (χ2v) is 4.72. The molecule has 0 spiro atoms. The molecule has 1 aromatic carbocycles. The van der Waals surface area contributed by atoms with Crippen LogP contribution in [0.2, 0.25) is 0 Å². The van der Waals surface area contributed by atoms with Gasteiger partial charge < -0.3 is 0 Å². The van der Waals surface area contributed by atoms with E-state index in [2.05, 4.69) is 10.8 Å². The van der Waals surface area contributed by atoms with Crippen LogP contribution in [0.3, 0.4) is 0 Å². The summed E-state index contributed by atoms with van der Waals surface area (Å²) in [4.78, 5) is -0.327. The van der Waals surface area contributed by atoms with E-state index in [9.17, 15) is 21.6 Å². The lowest BCUT2D eigenvalue weighted by Crippen LogP contribution is -2.20. The van der Waals surface area contributed by atoms with Gasteiger partial charge in [-0.1, -0.05) is 24.8 Å². The van der Waals surface area contributed by atoms with Gasteiger partial charge in [-0.15, -0.1) is 0 Å². The highest BCUT2D eigenvalue weighted by Gasteiger charge is 2.31. The summed E-state index contributed by atoms with van der Waals surface area (Å²) < 4.78 is 62.0. The lowest BCUT2D eigenvalue weighted by atomic mass is 10.2. The molecule has 3 nitrogen and oxygen atoms in total. The predicted octanol–water partition coefficient (Wildman–Crippen LogP) is 2.60. The highest BCUT2D eigenvalue weighted by Crippen LogP contribution is 2.19. The Balaban J connectivity index is 2.86. The van der Waals surface area contributed by atoms with E-state index in [0.717, 1.165) is 12.1 Å². The maximum atomic E-state index is 11.8. The van der Waals surface area contributed by atoms with Crippen molar-refractivity contribution in [3.8, 4) is 0 Å². The molecule has 0 aliphatic carbocycles. The van der Waals surface area contributed by atoms with E-state index in [0.29, 0.717) is 5.56 Å². The monoisotopic (exact) mass is 266 g/mol. The highest BCUT2D eigenvalue weighted by atomic mass is 32.2. The first kappa shape index (κ1) is 13.7. The van der Waals surface area contributed by atoms with Crippen LogP contribution in [0.1, 0.15) is 5.56 Å². The van der Waals surface area contributed by atoms with Gasteiger partial charge in [0.05, 0.1) is 4.90 Å². The maximum Gasteiger partial charge on any atom is 0.413 e. The van der Waals surface area contributed by atoms with Crippen LogP contribution in [0.4, 0.5) is 13.2 Å². The minimum absolute atomic E-state index is 0.327. The zero-order valence-electron chi connectivity index (χ0n) is 8.57. The van der Waals surface area contributed by atoms with Gasteiger partial charge in [0.15, 0.2) is 6.61 Å². The third-order valence-corrected chi connectivity index (χ3v) is 3.06. The Morgan fingerprint density at radius 2 is 1.76 bits per heavy atom. The molecule has 0 heterocycles. The molecule has 0 bridgehead atoms. The molecule has 0 fully saturated rings. The van der Waals surface area contributed by atoms with Crippen molar-refractivity contribution in [2.75, 3.05) is 6.61 Å². The second kappa shape index (κ2) is 4.89. The van der Waals surface area contributed by atoms with Crippen molar-refractivity contribution in [2.45, 2.75) is 11.1 Å². The second-order valence-electron chi connectivity index (χ2n) is 3.10. The quantitative estimate of drug-likeness (QED) is 0.787. The van der Waals surface area contributed by atoms with Gasteiger partial charge in [-0.05, 0) is 17.7 Å². The summed E-state index contributed by atoms with van der Waals surface area (Å²) >= 11 is 0. The van der Waals surface area contributed by atoms with Crippen LogP contribution >= 0.6 is 0 Å². The predicted molar refractivity (Wildman–Crippen MR) is 55.7 cm³/mol. The first-order valence-corrected chi connectivity index (χ1v) is 5.84. The molecule has 0 aliphatic rings. The van der Waals surface area contributed by atoms with Crippen LogP contribution in [-0.2, 0) is 14.3 Å². The Kier molecular flexibility index (Phi) is 3.94. The summed E-state index contributed by atoms with van der Waals surface area (Å²) in [6.07, 6.45) is -3.21. The van der Waals surface area contributed by atoms with Crippen molar-refractivity contribution in [1.29, 1.82) is 0 Å². The Morgan fingerprint density at radius 3 is 2.18 bits per heavy atom. The van der Waals surface area contributed by atoms with Crippen LogP contribution in [0, 0.1) is 0 Å². The van der Waals surface area contributed by atoms with E-state index in [-0.39, 0.29) is 4.90 Å². The van der Waals surface area contributed by atoms with Crippen molar-refractivity contribution in [2.24, 2.45) is 0 Å². The van der Waals surface area contributed by atoms with E-state index in [4.69, 9.17) is 0 Å². The van der Waals surface area contributed by atoms with E-state index in [1.807, 2.05) is 0 Å². The standard InChI is InChI=1S/C10H9F3O3S/c1-2-8-3-5-9(6-4-8)17(14,15)16-7-10(11,12)13/h2-6H,1,7H2. The van der Waals surface area contributed by atoms with Gasteiger partial charge in [-0.25, -0.2) is 0 Å². The summed E-state index contributed by atoms with van der Waals surface area (Å²) in [6.45, 7) is 1.63. The van der Waals surface area contributed by atoms with E-state index in [1.54, 1.807) is 0 Å². The minimum atomic E-state index is -4.69. The fourth-order valence-electron chi connectivity index (χ4n) is 0.983. The van der Waals surface area contributed by atoms with Gasteiger partial charge in [0.2, 0.25) is 0 Å². The highest BCUT2D eigenvalue weighted by molar-refractivity contribution is 7.86. The van der Waals surface area contributed by atoms with Gasteiger partial charge in [0.1, 0.15) is 0 Å². The molecule has 0 saturated heterocycles. The fraction of sp³-hybridized carbons (Fsp3) is 0.200. The third-order valence-electron chi connectivity index (χ3n) is 1.78. The first-order valence-electron chi connectivity index (χ1n) is 4.43. The molecule has 0 radical (unpaired) electrons. The number of benzene rings is 1. The number of hydrogen-bond acceptors (Lipinski definition) is 3. The molecule has 0 saturated carbocycles. The van der Waals surface area contributed by atoms with Crippen LogP contribution in [-0.4, -0.2) is 21.2 Å². The van der Waals surface area contributed by atoms with Gasteiger partial charge >= 0.3 is 6.18 Å². The molecule has 0 amide bonds. The molecule has 0 N–H and O–H groups in total. The van der Waals surface area contributed by atoms with Gasteiger partial charge in [0.25, 0.3) is 10.1 Å². The summed E-state index contributed by atoms with van der Waals surface area (Å²) in [5.41, 5.74) is 0.653. The zero-order valence-corrected chi connectivity index (χ0v) is 9.38. The SMILES string of the molecule is C=Cc1ccc(S(=O)(=O)OCC(F)(F)F)cc1. The molecule has 0 unspecified atom stereocenters. The average molecular weight is 266 g/mol. The molecule has 0 atom stereocenters. The number of alkyl halides is 3. The molecular formula is C10H9F3O3S. The molecular weight excluding hydrogens is 257 g/mol. The molecule has 0 aromatic heterocycles. The van der Waals surface area contributed by atoms with Gasteiger partial charge in [-0.3, -0.25) is 4.18 Å². The van der Waals surface area contributed by atoms with Gasteiger partial charge in [0, 0.05) is 0 Å². The van der Waals surface area contributed by atoms with Crippen molar-refractivity contribution < 1.29 is 25.8 Å². The Morgan fingerprint density at radius 1 is 1.24 bits per heavy atom. The lowest BCUT2D eigenvalue weighted by molar-refractivity contribution is -0.152. The molecule has 94 valence electrons. The smallest absolute Gasteiger partial charge is 0.257 e. The molecule has 17 heavy (non-hydrogen) atoms. The summed E-state index contributed by atoms with van der Waals surface area (Å²) in [5.74, 6) is 0. The molecule has 1 rings (SSSR count). The molecule has 0 aliphatic heterocycles. The molecule has 7 heteroatoms. The minimum Gasteiger partial charge on any atom is -0.257 e. The number of hydrogen-bond donors (Lipinski definition) is 0. The zero-order chi connectivity index (χ0) is 13.1. The summed E-state index contributed by atoms with van der Waals surface area (Å²) in [5, 5.41) is 0. The van der Waals surface area contributed by atoms with Crippen molar-refractivity contribution >= 4 is 16.2 Å². The van der Waals surface area contributed by atoms with Crippen molar-refractivity contribution in [3.05, 3.63) is 36.4 Å². The average Bonchev–Trinajstić information content (AvgIpc) is 2.26. The lowest BCUT2D eigenvalue weighted by Gasteiger charge is -2.08. The number of halogens is 3. The van der Waals surface area contributed by atoms with Crippen LogP contribution < -0.4 is 0 Å². The van der Waals surface area contributed by atoms with Gasteiger partial charge in [-0.2, -0.15) is 21.6 Å². The van der Waals surface area contributed by atoms with Crippen molar-refractivity contribution in [1.82, 2.24) is 0 Å². The largest absolute Gasteiger partial charge is 0.413 e. The topological polar surface area (TPSA) is 43.4 Å². The van der Waals surface area contributed by atoms with Crippen LogP contribution in [0.5, 0.6) is 0 Å². The van der Waals surface area contributed by atoms with E-state index >= 15 is 0 Å². The Hall–Kier alpha value is -1.34. The Labute approximate surface area is 96.6 Å². The third kappa shape index (κ3) is 4.20. The first-order chi connectivity index (χ1) is 7.74. The van der Waals surface area contributed by atoms with E-state index < -0.39 is 22.9 Å². The van der Waals surface area contributed by atoms with E-state index in [1.165, 1.54) is 18.2 Å². The normalized spacial score (nSPS) is 12.4. The summed E-state index contributed by atoms with van der Waals surface area (Å²) in [7, 11) is -4.37.